The van der Waals surface area contributed by atoms with Gasteiger partial charge in [-0.2, -0.15) is 3.71 Å². The second-order valence-electron chi connectivity index (χ2n) is 4.42. The highest BCUT2D eigenvalue weighted by Gasteiger charge is 2.34. The van der Waals surface area contributed by atoms with Crippen molar-refractivity contribution in [1.82, 2.24) is 0 Å². The Morgan fingerprint density at radius 2 is 1.52 bits per heavy atom. The smallest absolute Gasteiger partial charge is 0.205 e. The minimum Gasteiger partial charge on any atom is -0.205 e. The van der Waals surface area contributed by atoms with E-state index in [4.69, 9.17) is 11.6 Å². The molecule has 0 aliphatic heterocycles. The SMILES string of the molecule is CCCS(=O)(=O)N(c1ccc(Cl)cc1F)S(=O)(=O)CCC. The number of rotatable bonds is 7. The fourth-order valence-electron chi connectivity index (χ4n) is 1.78. The third-order valence-electron chi connectivity index (χ3n) is 2.54. The molecule has 0 bridgehead atoms. The van der Waals surface area contributed by atoms with Crippen molar-refractivity contribution >= 4 is 37.3 Å². The Hall–Kier alpha value is -0.860. The number of halogens is 2. The van der Waals surface area contributed by atoms with Gasteiger partial charge in [0.25, 0.3) is 0 Å². The molecule has 1 aromatic rings. The van der Waals surface area contributed by atoms with Gasteiger partial charge in [-0.1, -0.05) is 25.4 Å². The van der Waals surface area contributed by atoms with Gasteiger partial charge in [0.2, 0.25) is 20.0 Å². The van der Waals surface area contributed by atoms with Crippen molar-refractivity contribution in [3.8, 4) is 0 Å². The molecular weight excluding hydrogens is 341 g/mol. The highest BCUT2D eigenvalue weighted by Crippen LogP contribution is 2.28. The summed E-state index contributed by atoms with van der Waals surface area (Å²) in [5, 5.41) is 0.0528. The molecule has 0 unspecified atom stereocenters. The Labute approximate surface area is 129 Å². The van der Waals surface area contributed by atoms with Gasteiger partial charge in [0.1, 0.15) is 11.5 Å². The first-order chi connectivity index (χ1) is 9.65. The third-order valence-corrected chi connectivity index (χ3v) is 7.39. The molecular formula is C12H17ClFNO4S2. The maximum absolute atomic E-state index is 14.0. The van der Waals surface area contributed by atoms with Crippen LogP contribution in [-0.2, 0) is 20.0 Å². The topological polar surface area (TPSA) is 71.5 Å². The lowest BCUT2D eigenvalue weighted by molar-refractivity contribution is 0.578. The van der Waals surface area contributed by atoms with Gasteiger partial charge in [0.15, 0.2) is 0 Å². The lowest BCUT2D eigenvalue weighted by Gasteiger charge is -2.24. The second kappa shape index (κ2) is 6.93. The summed E-state index contributed by atoms with van der Waals surface area (Å²) >= 11 is 5.62. The molecule has 0 aromatic heterocycles. The van der Waals surface area contributed by atoms with Gasteiger partial charge < -0.3 is 0 Å². The Morgan fingerprint density at radius 3 is 1.90 bits per heavy atom. The lowest BCUT2D eigenvalue weighted by Crippen LogP contribution is -2.40. The zero-order chi connectivity index (χ0) is 16.3. The van der Waals surface area contributed by atoms with E-state index in [1.165, 1.54) is 6.07 Å². The summed E-state index contributed by atoms with van der Waals surface area (Å²) < 4.78 is 63.1. The van der Waals surface area contributed by atoms with Crippen molar-refractivity contribution < 1.29 is 21.2 Å². The standard InChI is InChI=1S/C12H17ClFNO4S2/c1-3-7-20(16,17)15(21(18,19)8-4-2)12-6-5-10(13)9-11(12)14/h5-6,9H,3-4,7-8H2,1-2H3. The molecule has 0 fully saturated rings. The van der Waals surface area contributed by atoms with Gasteiger partial charge >= 0.3 is 0 Å². The lowest BCUT2D eigenvalue weighted by atomic mass is 10.3. The predicted molar refractivity (Wildman–Crippen MR) is 82.0 cm³/mol. The van der Waals surface area contributed by atoms with E-state index in [9.17, 15) is 21.2 Å². The van der Waals surface area contributed by atoms with Crippen molar-refractivity contribution in [2.45, 2.75) is 26.7 Å². The summed E-state index contributed by atoms with van der Waals surface area (Å²) in [6, 6.07) is 3.18. The Bertz CT molecular complexity index is 668. The summed E-state index contributed by atoms with van der Waals surface area (Å²) in [6.45, 7) is 3.20. The zero-order valence-electron chi connectivity index (χ0n) is 11.7. The molecule has 0 aliphatic carbocycles. The van der Waals surface area contributed by atoms with Crippen LogP contribution in [0.5, 0.6) is 0 Å². The van der Waals surface area contributed by atoms with Crippen LogP contribution in [0.4, 0.5) is 10.1 Å². The average molecular weight is 358 g/mol. The highest BCUT2D eigenvalue weighted by molar-refractivity contribution is 8.10. The summed E-state index contributed by atoms with van der Waals surface area (Å²) in [4.78, 5) is 0. The van der Waals surface area contributed by atoms with E-state index in [2.05, 4.69) is 0 Å². The molecule has 0 spiro atoms. The highest BCUT2D eigenvalue weighted by atomic mass is 35.5. The van der Waals surface area contributed by atoms with Gasteiger partial charge in [0, 0.05) is 5.02 Å². The minimum atomic E-state index is -4.18. The van der Waals surface area contributed by atoms with Gasteiger partial charge in [-0.25, -0.2) is 21.2 Å². The molecule has 0 saturated carbocycles. The first kappa shape index (κ1) is 18.2. The van der Waals surface area contributed by atoms with Crippen LogP contribution in [0.3, 0.4) is 0 Å². The fourth-order valence-corrected chi connectivity index (χ4v) is 6.03. The van der Waals surface area contributed by atoms with Crippen molar-refractivity contribution in [3.63, 3.8) is 0 Å². The third kappa shape index (κ3) is 4.31. The number of benzene rings is 1. The van der Waals surface area contributed by atoms with Crippen molar-refractivity contribution in [3.05, 3.63) is 29.0 Å². The van der Waals surface area contributed by atoms with Gasteiger partial charge in [-0.3, -0.25) is 0 Å². The molecule has 9 heteroatoms. The van der Waals surface area contributed by atoms with E-state index < -0.39 is 43.1 Å². The number of hydrogen-bond acceptors (Lipinski definition) is 4. The van der Waals surface area contributed by atoms with Crippen LogP contribution in [0.2, 0.25) is 5.02 Å². The maximum Gasteiger partial charge on any atom is 0.248 e. The van der Waals surface area contributed by atoms with Crippen molar-refractivity contribution in [2.75, 3.05) is 15.2 Å². The van der Waals surface area contributed by atoms with Gasteiger partial charge in [-0.15, -0.1) is 0 Å². The van der Waals surface area contributed by atoms with Crippen LogP contribution >= 0.6 is 11.6 Å². The fraction of sp³-hybridized carbons (Fsp3) is 0.500. The van der Waals surface area contributed by atoms with Crippen LogP contribution in [0.1, 0.15) is 26.7 Å². The maximum atomic E-state index is 14.0. The van der Waals surface area contributed by atoms with Crippen LogP contribution in [0, 0.1) is 5.82 Å². The van der Waals surface area contributed by atoms with E-state index in [0.29, 0.717) is 0 Å². The van der Waals surface area contributed by atoms with E-state index in [1.54, 1.807) is 13.8 Å². The molecule has 0 N–H and O–H groups in total. The molecule has 5 nitrogen and oxygen atoms in total. The minimum absolute atomic E-state index is 0.0528. The summed E-state index contributed by atoms with van der Waals surface area (Å²) in [7, 11) is -8.36. The Balaban J connectivity index is 3.53. The summed E-state index contributed by atoms with van der Waals surface area (Å²) in [6.07, 6.45) is 0.436. The van der Waals surface area contributed by atoms with E-state index in [1.807, 2.05) is 0 Å². The Kier molecular flexibility index (Phi) is 6.01. The number of anilines is 1. The average Bonchev–Trinajstić information content (AvgIpc) is 2.31. The van der Waals surface area contributed by atoms with Crippen LogP contribution in [0.15, 0.2) is 18.2 Å². The summed E-state index contributed by atoms with van der Waals surface area (Å²) in [5.41, 5.74) is -0.527. The summed E-state index contributed by atoms with van der Waals surface area (Å²) in [5.74, 6) is -1.78. The van der Waals surface area contributed by atoms with Crippen LogP contribution in [-0.4, -0.2) is 28.3 Å². The second-order valence-corrected chi connectivity index (χ2v) is 8.97. The van der Waals surface area contributed by atoms with E-state index in [0.717, 1.165) is 12.1 Å². The largest absolute Gasteiger partial charge is 0.248 e. The number of sulfonamides is 2. The van der Waals surface area contributed by atoms with Crippen LogP contribution < -0.4 is 3.71 Å². The molecule has 0 radical (unpaired) electrons. The van der Waals surface area contributed by atoms with Crippen LogP contribution in [0.25, 0.3) is 0 Å². The van der Waals surface area contributed by atoms with E-state index >= 15 is 0 Å². The predicted octanol–water partition coefficient (Wildman–Crippen LogP) is 2.77. The molecule has 120 valence electrons. The molecule has 1 rings (SSSR count). The number of hydrogen-bond donors (Lipinski definition) is 0. The number of nitrogens with zero attached hydrogens (tertiary/aromatic N) is 1. The van der Waals surface area contributed by atoms with Gasteiger partial charge in [0.05, 0.1) is 11.5 Å². The molecule has 0 amide bonds. The molecule has 0 aliphatic rings. The monoisotopic (exact) mass is 357 g/mol. The van der Waals surface area contributed by atoms with Crippen molar-refractivity contribution in [2.24, 2.45) is 0 Å². The molecule has 0 heterocycles. The first-order valence-electron chi connectivity index (χ1n) is 6.36. The molecule has 0 saturated heterocycles. The molecule has 0 atom stereocenters. The van der Waals surface area contributed by atoms with E-state index in [-0.39, 0.29) is 21.6 Å². The quantitative estimate of drug-likeness (QED) is 0.752. The van der Waals surface area contributed by atoms with Crippen molar-refractivity contribution in [1.29, 1.82) is 0 Å². The molecule has 21 heavy (non-hydrogen) atoms. The van der Waals surface area contributed by atoms with Gasteiger partial charge in [-0.05, 0) is 31.0 Å². The Morgan fingerprint density at radius 1 is 1.05 bits per heavy atom. The molecule has 1 aromatic carbocycles. The zero-order valence-corrected chi connectivity index (χ0v) is 14.1. The first-order valence-corrected chi connectivity index (χ1v) is 9.96. The normalized spacial score (nSPS) is 12.4.